The Morgan fingerprint density at radius 2 is 1.95 bits per heavy atom. The lowest BCUT2D eigenvalue weighted by Gasteiger charge is -2.35. The Kier molecular flexibility index (Phi) is 5.16. The third-order valence-corrected chi connectivity index (χ3v) is 3.79. The molecule has 0 aliphatic heterocycles. The third kappa shape index (κ3) is 4.18. The summed E-state index contributed by atoms with van der Waals surface area (Å²) in [6.07, 6.45) is 4.04. The standard InChI is InChI=1S/C15H22FNO2/c1-17(14-4-2-3-5-15(14)18)10-11-19-13-8-6-12(16)7-9-13/h6-9,14-15,18H,2-5,10-11H2,1H3. The Bertz CT molecular complexity index is 382. The molecule has 0 radical (unpaired) electrons. The fourth-order valence-corrected chi connectivity index (χ4v) is 2.61. The van der Waals surface area contributed by atoms with E-state index in [-0.39, 0.29) is 18.0 Å². The van der Waals surface area contributed by atoms with E-state index in [4.69, 9.17) is 4.74 Å². The number of nitrogens with zero attached hydrogens (tertiary/aromatic N) is 1. The van der Waals surface area contributed by atoms with E-state index in [0.29, 0.717) is 12.4 Å². The van der Waals surface area contributed by atoms with Crippen molar-refractivity contribution in [3.63, 3.8) is 0 Å². The number of likely N-dealkylation sites (N-methyl/N-ethyl adjacent to an activating group) is 1. The molecule has 1 aliphatic carbocycles. The number of aliphatic hydroxyl groups is 1. The Balaban J connectivity index is 1.74. The molecule has 1 N–H and O–H groups in total. The maximum Gasteiger partial charge on any atom is 0.123 e. The van der Waals surface area contributed by atoms with Crippen LogP contribution in [0.5, 0.6) is 5.75 Å². The van der Waals surface area contributed by atoms with E-state index in [1.165, 1.54) is 18.6 Å². The monoisotopic (exact) mass is 267 g/mol. The van der Waals surface area contributed by atoms with Crippen molar-refractivity contribution in [2.75, 3.05) is 20.2 Å². The highest BCUT2D eigenvalue weighted by Gasteiger charge is 2.26. The quantitative estimate of drug-likeness (QED) is 0.889. The van der Waals surface area contributed by atoms with Crippen LogP contribution in [0.2, 0.25) is 0 Å². The fourth-order valence-electron chi connectivity index (χ4n) is 2.61. The number of rotatable bonds is 5. The van der Waals surface area contributed by atoms with E-state index in [1.807, 2.05) is 7.05 Å². The summed E-state index contributed by atoms with van der Waals surface area (Å²) >= 11 is 0. The molecule has 0 bridgehead atoms. The number of ether oxygens (including phenoxy) is 1. The van der Waals surface area contributed by atoms with Crippen LogP contribution in [0, 0.1) is 5.82 Å². The summed E-state index contributed by atoms with van der Waals surface area (Å²) in [6.45, 7) is 1.31. The molecule has 2 unspecified atom stereocenters. The van der Waals surface area contributed by atoms with Gasteiger partial charge < -0.3 is 9.84 Å². The Labute approximate surface area is 114 Å². The summed E-state index contributed by atoms with van der Waals surface area (Å²) in [5, 5.41) is 9.96. The maximum absolute atomic E-state index is 12.7. The lowest BCUT2D eigenvalue weighted by atomic mass is 9.92. The number of hydrogen-bond donors (Lipinski definition) is 1. The highest BCUT2D eigenvalue weighted by molar-refractivity contribution is 5.21. The van der Waals surface area contributed by atoms with E-state index < -0.39 is 0 Å². The molecule has 1 aliphatic rings. The van der Waals surface area contributed by atoms with Crippen molar-refractivity contribution < 1.29 is 14.2 Å². The van der Waals surface area contributed by atoms with Crippen molar-refractivity contribution in [2.24, 2.45) is 0 Å². The van der Waals surface area contributed by atoms with Crippen molar-refractivity contribution in [3.05, 3.63) is 30.1 Å². The van der Waals surface area contributed by atoms with Crippen LogP contribution in [0.15, 0.2) is 24.3 Å². The second kappa shape index (κ2) is 6.87. The van der Waals surface area contributed by atoms with Gasteiger partial charge in [-0.3, -0.25) is 4.90 Å². The second-order valence-corrected chi connectivity index (χ2v) is 5.20. The molecular weight excluding hydrogens is 245 g/mol. The first-order valence-corrected chi connectivity index (χ1v) is 6.93. The van der Waals surface area contributed by atoms with Crippen LogP contribution in [0.1, 0.15) is 25.7 Å². The van der Waals surface area contributed by atoms with Crippen molar-refractivity contribution in [2.45, 2.75) is 37.8 Å². The topological polar surface area (TPSA) is 32.7 Å². The van der Waals surface area contributed by atoms with Crippen molar-refractivity contribution >= 4 is 0 Å². The summed E-state index contributed by atoms with van der Waals surface area (Å²) in [5.41, 5.74) is 0. The van der Waals surface area contributed by atoms with E-state index in [2.05, 4.69) is 4.90 Å². The number of benzene rings is 1. The van der Waals surface area contributed by atoms with E-state index in [9.17, 15) is 9.50 Å². The summed E-state index contributed by atoms with van der Waals surface area (Å²) < 4.78 is 18.3. The summed E-state index contributed by atoms with van der Waals surface area (Å²) in [5.74, 6) is 0.425. The molecule has 3 nitrogen and oxygen atoms in total. The van der Waals surface area contributed by atoms with Crippen LogP contribution in [0.4, 0.5) is 4.39 Å². The molecule has 106 valence electrons. The normalized spacial score (nSPS) is 23.6. The zero-order valence-corrected chi connectivity index (χ0v) is 11.4. The van der Waals surface area contributed by atoms with Crippen LogP contribution >= 0.6 is 0 Å². The number of halogens is 1. The molecule has 0 saturated heterocycles. The molecule has 19 heavy (non-hydrogen) atoms. The summed E-state index contributed by atoms with van der Waals surface area (Å²) in [7, 11) is 2.02. The van der Waals surface area contributed by atoms with Crippen LogP contribution < -0.4 is 4.74 Å². The molecule has 1 fully saturated rings. The van der Waals surface area contributed by atoms with Gasteiger partial charge in [0, 0.05) is 12.6 Å². The molecule has 0 amide bonds. The van der Waals surface area contributed by atoms with E-state index in [0.717, 1.165) is 25.8 Å². The van der Waals surface area contributed by atoms with Gasteiger partial charge in [0.2, 0.25) is 0 Å². The van der Waals surface area contributed by atoms with Gasteiger partial charge in [-0.2, -0.15) is 0 Å². The van der Waals surface area contributed by atoms with Gasteiger partial charge in [-0.1, -0.05) is 12.8 Å². The fraction of sp³-hybridized carbons (Fsp3) is 0.600. The van der Waals surface area contributed by atoms with Crippen LogP contribution in [0.3, 0.4) is 0 Å². The van der Waals surface area contributed by atoms with Crippen molar-refractivity contribution in [3.8, 4) is 5.75 Å². The van der Waals surface area contributed by atoms with Gasteiger partial charge in [0.25, 0.3) is 0 Å². The minimum Gasteiger partial charge on any atom is -0.492 e. The van der Waals surface area contributed by atoms with Gasteiger partial charge in [-0.25, -0.2) is 4.39 Å². The van der Waals surface area contributed by atoms with Crippen molar-refractivity contribution in [1.82, 2.24) is 4.90 Å². The Morgan fingerprint density at radius 1 is 1.26 bits per heavy atom. The average Bonchev–Trinajstić information content (AvgIpc) is 2.41. The molecule has 1 aromatic carbocycles. The van der Waals surface area contributed by atoms with E-state index >= 15 is 0 Å². The molecule has 1 saturated carbocycles. The van der Waals surface area contributed by atoms with Crippen LogP contribution in [-0.4, -0.2) is 42.4 Å². The molecular formula is C15H22FNO2. The van der Waals surface area contributed by atoms with E-state index in [1.54, 1.807) is 12.1 Å². The highest BCUT2D eigenvalue weighted by atomic mass is 19.1. The first kappa shape index (κ1) is 14.3. The average molecular weight is 267 g/mol. The third-order valence-electron chi connectivity index (χ3n) is 3.79. The smallest absolute Gasteiger partial charge is 0.123 e. The maximum atomic E-state index is 12.7. The van der Waals surface area contributed by atoms with Gasteiger partial charge >= 0.3 is 0 Å². The largest absolute Gasteiger partial charge is 0.492 e. The molecule has 0 spiro atoms. The lowest BCUT2D eigenvalue weighted by Crippen LogP contribution is -2.44. The zero-order chi connectivity index (χ0) is 13.7. The van der Waals surface area contributed by atoms with Gasteiger partial charge in [0.05, 0.1) is 6.10 Å². The number of aliphatic hydroxyl groups excluding tert-OH is 1. The molecule has 0 aromatic heterocycles. The lowest BCUT2D eigenvalue weighted by molar-refractivity contribution is 0.0272. The van der Waals surface area contributed by atoms with Gasteiger partial charge in [-0.15, -0.1) is 0 Å². The van der Waals surface area contributed by atoms with Crippen LogP contribution in [0.25, 0.3) is 0 Å². The summed E-state index contributed by atoms with van der Waals surface area (Å²) in [4.78, 5) is 2.16. The van der Waals surface area contributed by atoms with Gasteiger partial charge in [0.15, 0.2) is 0 Å². The minimum absolute atomic E-state index is 0.218. The predicted molar refractivity (Wildman–Crippen MR) is 72.8 cm³/mol. The SMILES string of the molecule is CN(CCOc1ccc(F)cc1)C1CCCCC1O. The van der Waals surface area contributed by atoms with Gasteiger partial charge in [-0.05, 0) is 44.2 Å². The minimum atomic E-state index is -0.255. The predicted octanol–water partition coefficient (Wildman–Crippen LogP) is 2.44. The number of hydrogen-bond acceptors (Lipinski definition) is 3. The first-order valence-electron chi connectivity index (χ1n) is 6.93. The highest BCUT2D eigenvalue weighted by Crippen LogP contribution is 2.22. The zero-order valence-electron chi connectivity index (χ0n) is 11.4. The Hall–Kier alpha value is -1.13. The second-order valence-electron chi connectivity index (χ2n) is 5.20. The summed E-state index contributed by atoms with van der Waals surface area (Å²) in [6, 6.07) is 6.29. The van der Waals surface area contributed by atoms with Crippen molar-refractivity contribution in [1.29, 1.82) is 0 Å². The first-order chi connectivity index (χ1) is 9.16. The molecule has 0 heterocycles. The molecule has 2 rings (SSSR count). The molecule has 4 heteroatoms. The molecule has 2 atom stereocenters. The molecule has 1 aromatic rings. The Morgan fingerprint density at radius 3 is 2.63 bits per heavy atom. The van der Waals surface area contributed by atoms with Gasteiger partial charge in [0.1, 0.15) is 18.2 Å². The van der Waals surface area contributed by atoms with Crippen LogP contribution in [-0.2, 0) is 0 Å².